The number of nitrogens with one attached hydrogen (secondary N) is 1. The third-order valence-electron chi connectivity index (χ3n) is 6.42. The molecule has 2 aromatic carbocycles. The van der Waals surface area contributed by atoms with Crippen molar-refractivity contribution in [3.63, 3.8) is 0 Å². The summed E-state index contributed by atoms with van der Waals surface area (Å²) in [5.41, 5.74) is 0.716. The van der Waals surface area contributed by atoms with E-state index in [4.69, 9.17) is 11.6 Å². The zero-order valence-corrected chi connectivity index (χ0v) is 22.2. The highest BCUT2D eigenvalue weighted by Gasteiger charge is 2.29. The highest BCUT2D eigenvalue weighted by molar-refractivity contribution is 7.92. The number of rotatable bonds is 11. The molecular formula is C26H33ClFN3O4S. The molecule has 1 aliphatic carbocycles. The largest absolute Gasteiger partial charge is 0.352 e. The molecule has 7 nitrogen and oxygen atoms in total. The number of sulfonamides is 1. The Morgan fingerprint density at radius 1 is 1.14 bits per heavy atom. The third kappa shape index (κ3) is 7.67. The van der Waals surface area contributed by atoms with E-state index in [1.54, 1.807) is 49.4 Å². The van der Waals surface area contributed by atoms with Gasteiger partial charge in [-0.15, -0.1) is 0 Å². The fourth-order valence-corrected chi connectivity index (χ4v) is 5.56. The Labute approximate surface area is 217 Å². The van der Waals surface area contributed by atoms with E-state index in [0.717, 1.165) is 31.9 Å². The molecule has 10 heteroatoms. The van der Waals surface area contributed by atoms with Crippen LogP contribution in [0.5, 0.6) is 0 Å². The zero-order valence-electron chi connectivity index (χ0n) is 20.6. The minimum absolute atomic E-state index is 0.0118. The molecule has 36 heavy (non-hydrogen) atoms. The molecule has 1 atom stereocenters. The molecule has 3 rings (SSSR count). The van der Waals surface area contributed by atoms with E-state index in [2.05, 4.69) is 5.32 Å². The van der Waals surface area contributed by atoms with Crippen molar-refractivity contribution in [3.8, 4) is 0 Å². The maximum Gasteiger partial charge on any atom is 0.242 e. The first-order chi connectivity index (χ1) is 17.1. The first-order valence-corrected chi connectivity index (χ1v) is 14.4. The summed E-state index contributed by atoms with van der Waals surface area (Å²) in [5.74, 6) is -1.09. The number of halogens is 2. The Morgan fingerprint density at radius 2 is 1.83 bits per heavy atom. The van der Waals surface area contributed by atoms with E-state index in [9.17, 15) is 22.4 Å². The lowest BCUT2D eigenvalue weighted by molar-refractivity contribution is -0.141. The summed E-state index contributed by atoms with van der Waals surface area (Å²) in [4.78, 5) is 27.6. The quantitative estimate of drug-likeness (QED) is 0.457. The summed E-state index contributed by atoms with van der Waals surface area (Å²) in [6.07, 6.45) is 5.22. The van der Waals surface area contributed by atoms with Crippen molar-refractivity contribution in [2.45, 2.75) is 64.1 Å². The number of hydrogen-bond donors (Lipinski definition) is 1. The Morgan fingerprint density at radius 3 is 2.47 bits per heavy atom. The lowest BCUT2D eigenvalue weighted by atomic mass is 10.1. The van der Waals surface area contributed by atoms with E-state index in [1.807, 2.05) is 0 Å². The van der Waals surface area contributed by atoms with Gasteiger partial charge in [-0.3, -0.25) is 13.9 Å². The third-order valence-corrected chi connectivity index (χ3v) is 7.84. The Balaban J connectivity index is 1.72. The van der Waals surface area contributed by atoms with Crippen molar-refractivity contribution in [2.75, 3.05) is 17.1 Å². The van der Waals surface area contributed by atoms with Crippen LogP contribution in [0.3, 0.4) is 0 Å². The van der Waals surface area contributed by atoms with Crippen molar-refractivity contribution >= 4 is 39.1 Å². The molecule has 0 radical (unpaired) electrons. The van der Waals surface area contributed by atoms with Crippen molar-refractivity contribution in [1.29, 1.82) is 0 Å². The molecule has 1 saturated carbocycles. The summed E-state index contributed by atoms with van der Waals surface area (Å²) in [6.45, 7) is 1.63. The van der Waals surface area contributed by atoms with Gasteiger partial charge in [0.05, 0.1) is 11.9 Å². The molecule has 196 valence electrons. The summed E-state index contributed by atoms with van der Waals surface area (Å²) >= 11 is 6.03. The topological polar surface area (TPSA) is 86.8 Å². The summed E-state index contributed by atoms with van der Waals surface area (Å²) in [6, 6.07) is 11.9. The van der Waals surface area contributed by atoms with Gasteiger partial charge in [-0.1, -0.05) is 48.7 Å². The molecule has 1 N–H and O–H groups in total. The van der Waals surface area contributed by atoms with Crippen molar-refractivity contribution < 1.29 is 22.4 Å². The molecule has 2 aromatic rings. The lowest BCUT2D eigenvalue weighted by Gasteiger charge is -2.30. The molecular weight excluding hydrogens is 505 g/mol. The second kappa shape index (κ2) is 12.5. The minimum atomic E-state index is -3.61. The van der Waals surface area contributed by atoms with Crippen LogP contribution in [0, 0.1) is 5.82 Å². The van der Waals surface area contributed by atoms with Gasteiger partial charge in [-0.2, -0.15) is 0 Å². The average molecular weight is 538 g/mol. The molecule has 1 aliphatic rings. The van der Waals surface area contributed by atoms with Gasteiger partial charge in [-0.05, 0) is 50.5 Å². The van der Waals surface area contributed by atoms with Gasteiger partial charge in [0.15, 0.2) is 0 Å². The van der Waals surface area contributed by atoms with Crippen LogP contribution in [0.1, 0.15) is 51.0 Å². The molecule has 1 unspecified atom stereocenters. The summed E-state index contributed by atoms with van der Waals surface area (Å²) in [7, 11) is -3.61. The molecule has 0 saturated heterocycles. The molecule has 0 bridgehead atoms. The number of anilines is 1. The van der Waals surface area contributed by atoms with E-state index in [-0.39, 0.29) is 43.8 Å². The van der Waals surface area contributed by atoms with Gasteiger partial charge in [0.25, 0.3) is 0 Å². The minimum Gasteiger partial charge on any atom is -0.352 e. The maximum atomic E-state index is 14.4. The summed E-state index contributed by atoms with van der Waals surface area (Å²) < 4.78 is 40.4. The van der Waals surface area contributed by atoms with Crippen LogP contribution in [0.2, 0.25) is 5.02 Å². The number of carbonyl (C=O) groups is 2. The fraction of sp³-hybridized carbons (Fsp3) is 0.462. The highest BCUT2D eigenvalue weighted by Crippen LogP contribution is 2.23. The first-order valence-electron chi connectivity index (χ1n) is 12.1. The van der Waals surface area contributed by atoms with E-state index in [1.165, 1.54) is 15.3 Å². The SMILES string of the molecule is CC(C(=O)NC1CCCC1)N(Cc1ccccc1F)C(=O)CCCN(c1cccc(Cl)c1)S(C)(=O)=O. The van der Waals surface area contributed by atoms with E-state index in [0.29, 0.717) is 16.3 Å². The van der Waals surface area contributed by atoms with Gasteiger partial charge in [0.2, 0.25) is 21.8 Å². The smallest absolute Gasteiger partial charge is 0.242 e. The van der Waals surface area contributed by atoms with Crippen LogP contribution in [-0.2, 0) is 26.2 Å². The number of carbonyl (C=O) groups excluding carboxylic acids is 2. The van der Waals surface area contributed by atoms with Crippen molar-refractivity contribution in [3.05, 3.63) is 64.9 Å². The summed E-state index contributed by atoms with van der Waals surface area (Å²) in [5, 5.41) is 3.41. The first kappa shape index (κ1) is 27.9. The lowest BCUT2D eigenvalue weighted by Crippen LogP contribution is -2.49. The van der Waals surface area contributed by atoms with Gasteiger partial charge in [0, 0.05) is 36.1 Å². The number of hydrogen-bond acceptors (Lipinski definition) is 4. The predicted octanol–water partition coefficient (Wildman–Crippen LogP) is 4.50. The molecule has 1 fully saturated rings. The Kier molecular flexibility index (Phi) is 9.73. The van der Waals surface area contributed by atoms with Crippen molar-refractivity contribution in [1.82, 2.24) is 10.2 Å². The highest BCUT2D eigenvalue weighted by atomic mass is 35.5. The van der Waals surface area contributed by atoms with E-state index >= 15 is 0 Å². The maximum absolute atomic E-state index is 14.4. The molecule has 0 aromatic heterocycles. The van der Waals surface area contributed by atoms with Crippen LogP contribution in [0.15, 0.2) is 48.5 Å². The monoisotopic (exact) mass is 537 g/mol. The van der Waals surface area contributed by atoms with Gasteiger partial charge >= 0.3 is 0 Å². The molecule has 0 heterocycles. The number of nitrogens with zero attached hydrogens (tertiary/aromatic N) is 2. The normalized spacial score (nSPS) is 14.9. The Bertz CT molecular complexity index is 1170. The fourth-order valence-electron chi connectivity index (χ4n) is 4.42. The second-order valence-corrected chi connectivity index (χ2v) is 11.5. The predicted molar refractivity (Wildman–Crippen MR) is 140 cm³/mol. The standard InChI is InChI=1S/C26H33ClFN3O4S/c1-19(26(33)29-22-11-4-5-12-22)30(18-20-9-3-6-14-24(20)28)25(32)15-8-16-31(36(2,34)35)23-13-7-10-21(27)17-23/h3,6-7,9-10,13-14,17,19,22H,4-5,8,11-12,15-16,18H2,1-2H3,(H,29,33). The van der Waals surface area contributed by atoms with Crippen LogP contribution < -0.4 is 9.62 Å². The van der Waals surface area contributed by atoms with E-state index < -0.39 is 21.9 Å². The molecule has 0 spiro atoms. The van der Waals surface area contributed by atoms with Crippen molar-refractivity contribution in [2.24, 2.45) is 0 Å². The van der Waals surface area contributed by atoms with Gasteiger partial charge in [0.1, 0.15) is 11.9 Å². The van der Waals surface area contributed by atoms with Crippen LogP contribution >= 0.6 is 11.6 Å². The zero-order chi connectivity index (χ0) is 26.3. The number of benzene rings is 2. The van der Waals surface area contributed by atoms with Crippen LogP contribution in [0.25, 0.3) is 0 Å². The molecule has 2 amide bonds. The van der Waals surface area contributed by atoms with Gasteiger partial charge < -0.3 is 10.2 Å². The number of amides is 2. The second-order valence-electron chi connectivity index (χ2n) is 9.20. The average Bonchev–Trinajstić information content (AvgIpc) is 3.33. The Hall–Kier alpha value is -2.65. The van der Waals surface area contributed by atoms with Crippen LogP contribution in [0.4, 0.5) is 10.1 Å². The van der Waals surface area contributed by atoms with Gasteiger partial charge in [-0.25, -0.2) is 12.8 Å². The molecule has 0 aliphatic heterocycles. The van der Waals surface area contributed by atoms with Crippen LogP contribution in [-0.4, -0.2) is 50.0 Å².